The van der Waals surface area contributed by atoms with Crippen molar-refractivity contribution in [3.05, 3.63) is 84.2 Å². The third-order valence-electron chi connectivity index (χ3n) is 5.05. The smallest absolute Gasteiger partial charge is 0.0383 e. The second-order valence-corrected chi connectivity index (χ2v) is 7.84. The maximum absolute atomic E-state index is 2.37. The van der Waals surface area contributed by atoms with Gasteiger partial charge >= 0.3 is 0 Å². The van der Waals surface area contributed by atoms with Crippen LogP contribution in [0.25, 0.3) is 12.2 Å². The highest BCUT2D eigenvalue weighted by atomic mass is 15.2. The van der Waals surface area contributed by atoms with Crippen LogP contribution in [0.4, 0.5) is 0 Å². The molecule has 0 saturated carbocycles. The van der Waals surface area contributed by atoms with E-state index in [4.69, 9.17) is 0 Å². The van der Waals surface area contributed by atoms with Crippen molar-refractivity contribution in [2.24, 2.45) is 0 Å². The summed E-state index contributed by atoms with van der Waals surface area (Å²) in [6.07, 6.45) is 16.7. The van der Waals surface area contributed by atoms with E-state index in [0.29, 0.717) is 0 Å². The van der Waals surface area contributed by atoms with Crippen LogP contribution < -0.4 is 0 Å². The van der Waals surface area contributed by atoms with Crippen molar-refractivity contribution < 1.29 is 0 Å². The summed E-state index contributed by atoms with van der Waals surface area (Å²) >= 11 is 0. The van der Waals surface area contributed by atoms with E-state index in [1.54, 1.807) is 0 Å². The Bertz CT molecular complexity index is 633. The van der Waals surface area contributed by atoms with Gasteiger partial charge in [-0.15, -0.1) is 0 Å². The number of benzene rings is 2. The van der Waals surface area contributed by atoms with Gasteiger partial charge in [-0.05, 0) is 43.5 Å². The van der Waals surface area contributed by atoms with Crippen LogP contribution in [0.1, 0.15) is 70.4 Å². The Kier molecular flexibility index (Phi) is 8.91. The Morgan fingerprint density at radius 1 is 0.704 bits per heavy atom. The summed E-state index contributed by atoms with van der Waals surface area (Å²) in [7, 11) is 0. The highest BCUT2D eigenvalue weighted by molar-refractivity contribution is 5.51. The number of unbranched alkanes of at least 4 members (excludes halogenated alkanes) is 4. The first-order chi connectivity index (χ1) is 13.1. The topological polar surface area (TPSA) is 3.24 Å². The van der Waals surface area contributed by atoms with Crippen molar-refractivity contribution in [2.45, 2.75) is 64.8 Å². The van der Waals surface area contributed by atoms with E-state index >= 15 is 0 Å². The average Bonchev–Trinajstić information content (AvgIpc) is 2.69. The molecule has 27 heavy (non-hydrogen) atoms. The molecule has 1 nitrogen and oxygen atoms in total. The van der Waals surface area contributed by atoms with Crippen LogP contribution in [-0.2, 0) is 0 Å². The van der Waals surface area contributed by atoms with Crippen LogP contribution in [0.2, 0.25) is 0 Å². The highest BCUT2D eigenvalue weighted by Gasteiger charge is 2.22. The monoisotopic (exact) mass is 361 g/mol. The molecule has 0 saturated heterocycles. The second-order valence-electron chi connectivity index (χ2n) is 7.84. The lowest BCUT2D eigenvalue weighted by atomic mass is 9.94. The fraction of sp³-hybridized carbons (Fsp3) is 0.385. The van der Waals surface area contributed by atoms with Crippen molar-refractivity contribution in [3.63, 3.8) is 0 Å². The van der Waals surface area contributed by atoms with E-state index in [9.17, 15) is 0 Å². The lowest BCUT2D eigenvalue weighted by molar-refractivity contribution is 0.231. The molecule has 0 amide bonds. The van der Waals surface area contributed by atoms with Gasteiger partial charge in [0.25, 0.3) is 0 Å². The van der Waals surface area contributed by atoms with Gasteiger partial charge in [-0.3, -0.25) is 0 Å². The van der Waals surface area contributed by atoms with Crippen molar-refractivity contribution in [1.29, 1.82) is 0 Å². The Labute approximate surface area is 166 Å². The van der Waals surface area contributed by atoms with Crippen molar-refractivity contribution >= 4 is 12.2 Å². The maximum Gasteiger partial charge on any atom is 0.0383 e. The molecule has 0 spiro atoms. The van der Waals surface area contributed by atoms with Gasteiger partial charge in [-0.25, -0.2) is 0 Å². The average molecular weight is 362 g/mol. The summed E-state index contributed by atoms with van der Waals surface area (Å²) in [6, 6.07) is 21.0. The molecule has 0 aliphatic heterocycles. The van der Waals surface area contributed by atoms with E-state index in [-0.39, 0.29) is 5.54 Å². The normalized spacial score (nSPS) is 12.1. The van der Waals surface area contributed by atoms with Crippen LogP contribution in [-0.4, -0.2) is 10.4 Å². The largest absolute Gasteiger partial charge is 0.349 e. The van der Waals surface area contributed by atoms with Crippen molar-refractivity contribution in [1.82, 2.24) is 4.90 Å². The molecule has 0 bridgehead atoms. The molecule has 0 heterocycles. The standard InChI is InChI=1S/C26H35N/c1-4-5-6-7-14-21-26(2,3)27(22-19-24-15-10-8-11-16-24)23-20-25-17-12-9-13-18-25/h8-13,15-20,22-23H,4-7,14,21H2,1-3H3/b22-19+,23-20+. The molecule has 0 unspecified atom stereocenters. The summed E-state index contributed by atoms with van der Waals surface area (Å²) in [5, 5.41) is 0. The minimum atomic E-state index is 0.0861. The number of nitrogens with zero attached hydrogens (tertiary/aromatic N) is 1. The SMILES string of the molecule is CCCCCCCC(C)(C)N(/C=C/c1ccccc1)/C=C/c1ccccc1. The van der Waals surface area contributed by atoms with Crippen molar-refractivity contribution in [2.75, 3.05) is 0 Å². The van der Waals surface area contributed by atoms with E-state index in [1.807, 2.05) is 0 Å². The Hall–Kier alpha value is -2.28. The fourth-order valence-electron chi connectivity index (χ4n) is 3.20. The zero-order valence-electron chi connectivity index (χ0n) is 17.3. The first-order valence-electron chi connectivity index (χ1n) is 10.4. The van der Waals surface area contributed by atoms with E-state index < -0.39 is 0 Å². The van der Waals surface area contributed by atoms with Gasteiger partial charge in [-0.1, -0.05) is 99.7 Å². The van der Waals surface area contributed by atoms with Crippen LogP contribution in [0.3, 0.4) is 0 Å². The fourth-order valence-corrected chi connectivity index (χ4v) is 3.20. The molecule has 0 aliphatic rings. The molecular weight excluding hydrogens is 326 g/mol. The predicted octanol–water partition coefficient (Wildman–Crippen LogP) is 7.77. The molecule has 2 aromatic rings. The van der Waals surface area contributed by atoms with Gasteiger partial charge < -0.3 is 4.90 Å². The molecule has 0 radical (unpaired) electrons. The van der Waals surface area contributed by atoms with Crippen LogP contribution in [0.5, 0.6) is 0 Å². The summed E-state index contributed by atoms with van der Waals surface area (Å²) in [6.45, 7) is 6.96. The van der Waals surface area contributed by atoms with Gasteiger partial charge in [-0.2, -0.15) is 0 Å². The summed E-state index contributed by atoms with van der Waals surface area (Å²) in [5.41, 5.74) is 2.55. The van der Waals surface area contributed by atoms with Gasteiger partial charge in [0.2, 0.25) is 0 Å². The predicted molar refractivity (Wildman–Crippen MR) is 120 cm³/mol. The maximum atomic E-state index is 2.37. The van der Waals surface area contributed by atoms with Gasteiger partial charge in [0.15, 0.2) is 0 Å². The molecule has 0 fully saturated rings. The van der Waals surface area contributed by atoms with E-state index in [0.717, 1.165) is 0 Å². The Morgan fingerprint density at radius 2 is 1.19 bits per heavy atom. The molecule has 0 aromatic heterocycles. The molecule has 0 aliphatic carbocycles. The van der Waals surface area contributed by atoms with Crippen molar-refractivity contribution in [3.8, 4) is 0 Å². The lowest BCUT2D eigenvalue weighted by Gasteiger charge is -2.36. The first-order valence-corrected chi connectivity index (χ1v) is 10.4. The molecule has 0 N–H and O–H groups in total. The van der Waals surface area contributed by atoms with Gasteiger partial charge in [0, 0.05) is 17.9 Å². The Morgan fingerprint density at radius 3 is 1.67 bits per heavy atom. The highest BCUT2D eigenvalue weighted by Crippen LogP contribution is 2.25. The minimum Gasteiger partial charge on any atom is -0.349 e. The third-order valence-corrected chi connectivity index (χ3v) is 5.05. The molecule has 2 aromatic carbocycles. The van der Waals surface area contributed by atoms with E-state index in [1.165, 1.54) is 49.7 Å². The lowest BCUT2D eigenvalue weighted by Crippen LogP contribution is -2.36. The molecule has 1 heteroatoms. The molecular formula is C26H35N. The first kappa shape index (κ1) is 21.0. The number of rotatable bonds is 11. The van der Waals surface area contributed by atoms with E-state index in [2.05, 4.69) is 111 Å². The number of hydrogen-bond donors (Lipinski definition) is 0. The molecule has 2 rings (SSSR count). The second kappa shape index (κ2) is 11.4. The van der Waals surface area contributed by atoms with Crippen LogP contribution >= 0.6 is 0 Å². The van der Waals surface area contributed by atoms with Gasteiger partial charge in [0.1, 0.15) is 0 Å². The van der Waals surface area contributed by atoms with Crippen LogP contribution in [0.15, 0.2) is 73.1 Å². The molecule has 0 atom stereocenters. The van der Waals surface area contributed by atoms with Crippen LogP contribution in [0, 0.1) is 0 Å². The summed E-state index contributed by atoms with van der Waals surface area (Å²) in [4.78, 5) is 2.37. The Balaban J connectivity index is 2.09. The number of hydrogen-bond acceptors (Lipinski definition) is 1. The zero-order chi connectivity index (χ0) is 19.4. The third kappa shape index (κ3) is 7.86. The minimum absolute atomic E-state index is 0.0861. The summed E-state index contributed by atoms with van der Waals surface area (Å²) in [5.74, 6) is 0. The quantitative estimate of drug-likeness (QED) is 0.369. The summed E-state index contributed by atoms with van der Waals surface area (Å²) < 4.78 is 0. The molecule has 144 valence electrons. The van der Waals surface area contributed by atoms with Gasteiger partial charge in [0.05, 0.1) is 0 Å². The zero-order valence-corrected chi connectivity index (χ0v) is 17.3.